The Morgan fingerprint density at radius 1 is 1.00 bits per heavy atom. The van der Waals surface area contributed by atoms with Gasteiger partial charge in [0, 0.05) is 15.7 Å². The summed E-state index contributed by atoms with van der Waals surface area (Å²) in [7, 11) is 0. The van der Waals surface area contributed by atoms with Crippen LogP contribution in [0, 0.1) is 0 Å². The highest BCUT2D eigenvalue weighted by Crippen LogP contribution is 2.22. The van der Waals surface area contributed by atoms with Gasteiger partial charge >= 0.3 is 0 Å². The van der Waals surface area contributed by atoms with Crippen LogP contribution < -0.4 is 0 Å². The number of hydrogen-bond acceptors (Lipinski definition) is 3. The van der Waals surface area contributed by atoms with Gasteiger partial charge in [0.05, 0.1) is 6.10 Å². The molecular formula is C15H15ClO2S. The predicted molar refractivity (Wildman–Crippen MR) is 80.0 cm³/mol. The minimum absolute atomic E-state index is 0.244. The van der Waals surface area contributed by atoms with Gasteiger partial charge in [-0.15, -0.1) is 11.8 Å². The van der Waals surface area contributed by atoms with Gasteiger partial charge in [-0.05, 0) is 48.4 Å². The first-order chi connectivity index (χ1) is 9.13. The van der Waals surface area contributed by atoms with Gasteiger partial charge in [-0.1, -0.05) is 23.7 Å². The molecule has 0 saturated heterocycles. The summed E-state index contributed by atoms with van der Waals surface area (Å²) < 4.78 is 0. The smallest absolute Gasteiger partial charge is 0.115 e. The van der Waals surface area contributed by atoms with Crippen LogP contribution in [0.4, 0.5) is 0 Å². The van der Waals surface area contributed by atoms with E-state index in [4.69, 9.17) is 11.6 Å². The summed E-state index contributed by atoms with van der Waals surface area (Å²) >= 11 is 7.42. The second-order valence-electron chi connectivity index (χ2n) is 4.29. The monoisotopic (exact) mass is 294 g/mol. The molecule has 2 aromatic carbocycles. The molecule has 0 radical (unpaired) electrons. The van der Waals surface area contributed by atoms with E-state index in [-0.39, 0.29) is 5.75 Å². The second-order valence-corrected chi connectivity index (χ2v) is 5.82. The molecular weight excluding hydrogens is 280 g/mol. The molecule has 2 nitrogen and oxygen atoms in total. The van der Waals surface area contributed by atoms with E-state index in [2.05, 4.69) is 0 Å². The molecule has 0 saturated carbocycles. The number of halogens is 1. The minimum atomic E-state index is -0.412. The van der Waals surface area contributed by atoms with Crippen molar-refractivity contribution in [2.45, 2.75) is 17.4 Å². The van der Waals surface area contributed by atoms with Crippen molar-refractivity contribution < 1.29 is 10.2 Å². The summed E-state index contributed by atoms with van der Waals surface area (Å²) in [6.45, 7) is 0. The third kappa shape index (κ3) is 4.78. The highest BCUT2D eigenvalue weighted by Gasteiger charge is 2.06. The first-order valence-electron chi connectivity index (χ1n) is 5.98. The Hall–Kier alpha value is -1.16. The lowest BCUT2D eigenvalue weighted by Crippen LogP contribution is -2.13. The molecule has 100 valence electrons. The largest absolute Gasteiger partial charge is 0.508 e. The SMILES string of the molecule is Oc1ccc(CC(O)CSc2ccc(Cl)cc2)cc1. The van der Waals surface area contributed by atoms with Crippen molar-refractivity contribution in [1.82, 2.24) is 0 Å². The number of benzene rings is 2. The number of phenols is 1. The van der Waals surface area contributed by atoms with Crippen LogP contribution >= 0.6 is 23.4 Å². The molecule has 0 aromatic heterocycles. The van der Waals surface area contributed by atoms with E-state index in [1.807, 2.05) is 36.4 Å². The van der Waals surface area contributed by atoms with Gasteiger partial charge in [0.2, 0.25) is 0 Å². The van der Waals surface area contributed by atoms with E-state index in [1.54, 1.807) is 23.9 Å². The summed E-state index contributed by atoms with van der Waals surface area (Å²) in [5.41, 5.74) is 1.02. The van der Waals surface area contributed by atoms with Crippen molar-refractivity contribution in [1.29, 1.82) is 0 Å². The number of hydrogen-bond donors (Lipinski definition) is 2. The predicted octanol–water partition coefficient (Wildman–Crippen LogP) is 3.74. The Kier molecular flexibility index (Phi) is 5.14. The average Bonchev–Trinajstić information content (AvgIpc) is 2.41. The molecule has 2 aromatic rings. The zero-order valence-electron chi connectivity index (χ0n) is 10.3. The zero-order chi connectivity index (χ0) is 13.7. The zero-order valence-corrected chi connectivity index (χ0v) is 11.9. The van der Waals surface area contributed by atoms with Crippen molar-refractivity contribution in [2.24, 2.45) is 0 Å². The lowest BCUT2D eigenvalue weighted by molar-refractivity contribution is 0.200. The average molecular weight is 295 g/mol. The molecule has 0 aliphatic heterocycles. The van der Waals surface area contributed by atoms with Crippen LogP contribution in [0.25, 0.3) is 0 Å². The van der Waals surface area contributed by atoms with Crippen molar-refractivity contribution in [3.05, 3.63) is 59.1 Å². The quantitative estimate of drug-likeness (QED) is 0.825. The van der Waals surface area contributed by atoms with Gasteiger partial charge < -0.3 is 10.2 Å². The summed E-state index contributed by atoms with van der Waals surface area (Å²) in [4.78, 5) is 1.09. The van der Waals surface area contributed by atoms with Crippen LogP contribution in [0.15, 0.2) is 53.4 Å². The Morgan fingerprint density at radius 2 is 1.63 bits per heavy atom. The van der Waals surface area contributed by atoms with E-state index in [9.17, 15) is 10.2 Å². The first-order valence-corrected chi connectivity index (χ1v) is 7.34. The van der Waals surface area contributed by atoms with Crippen LogP contribution in [-0.2, 0) is 6.42 Å². The van der Waals surface area contributed by atoms with E-state index in [1.165, 1.54) is 0 Å². The number of aliphatic hydroxyl groups is 1. The van der Waals surface area contributed by atoms with Crippen LogP contribution in [-0.4, -0.2) is 22.1 Å². The number of rotatable bonds is 5. The van der Waals surface area contributed by atoms with Crippen LogP contribution in [0.1, 0.15) is 5.56 Å². The normalized spacial score (nSPS) is 12.3. The number of aromatic hydroxyl groups is 1. The standard InChI is InChI=1S/C15H15ClO2S/c16-12-3-7-15(8-4-12)19-10-14(18)9-11-1-5-13(17)6-2-11/h1-8,14,17-18H,9-10H2. The molecule has 2 N–H and O–H groups in total. The van der Waals surface area contributed by atoms with Crippen molar-refractivity contribution in [3.8, 4) is 5.75 Å². The Bertz CT molecular complexity index is 511. The second kappa shape index (κ2) is 6.85. The summed E-state index contributed by atoms with van der Waals surface area (Å²) in [5, 5.41) is 19.9. The molecule has 0 spiro atoms. The molecule has 0 aliphatic carbocycles. The lowest BCUT2D eigenvalue weighted by atomic mass is 10.1. The first kappa shape index (κ1) is 14.3. The van der Waals surface area contributed by atoms with Crippen LogP contribution in [0.2, 0.25) is 5.02 Å². The number of thioether (sulfide) groups is 1. The Morgan fingerprint density at radius 3 is 2.26 bits per heavy atom. The van der Waals surface area contributed by atoms with Gasteiger partial charge in [-0.3, -0.25) is 0 Å². The van der Waals surface area contributed by atoms with Crippen molar-refractivity contribution in [2.75, 3.05) is 5.75 Å². The molecule has 0 heterocycles. The third-order valence-electron chi connectivity index (χ3n) is 2.66. The van der Waals surface area contributed by atoms with Gasteiger partial charge in [0.1, 0.15) is 5.75 Å². The molecule has 0 fully saturated rings. The fraction of sp³-hybridized carbons (Fsp3) is 0.200. The maximum absolute atomic E-state index is 9.98. The highest BCUT2D eigenvalue weighted by molar-refractivity contribution is 7.99. The molecule has 0 aliphatic rings. The van der Waals surface area contributed by atoms with Gasteiger partial charge in [-0.25, -0.2) is 0 Å². The third-order valence-corrected chi connectivity index (χ3v) is 4.07. The number of phenolic OH excluding ortho intramolecular Hbond substituents is 1. The molecule has 1 atom stereocenters. The van der Waals surface area contributed by atoms with Crippen LogP contribution in [0.5, 0.6) is 5.75 Å². The molecule has 19 heavy (non-hydrogen) atoms. The van der Waals surface area contributed by atoms with E-state index in [0.29, 0.717) is 17.2 Å². The van der Waals surface area contributed by atoms with Crippen molar-refractivity contribution in [3.63, 3.8) is 0 Å². The minimum Gasteiger partial charge on any atom is -0.508 e. The van der Waals surface area contributed by atoms with Crippen LogP contribution in [0.3, 0.4) is 0 Å². The van der Waals surface area contributed by atoms with E-state index in [0.717, 1.165) is 10.5 Å². The maximum atomic E-state index is 9.98. The molecule has 0 bridgehead atoms. The van der Waals surface area contributed by atoms with Crippen molar-refractivity contribution >= 4 is 23.4 Å². The van der Waals surface area contributed by atoms with E-state index >= 15 is 0 Å². The van der Waals surface area contributed by atoms with Gasteiger partial charge in [0.15, 0.2) is 0 Å². The number of aliphatic hydroxyl groups excluding tert-OH is 1. The van der Waals surface area contributed by atoms with E-state index < -0.39 is 6.10 Å². The maximum Gasteiger partial charge on any atom is 0.115 e. The molecule has 1 unspecified atom stereocenters. The fourth-order valence-electron chi connectivity index (χ4n) is 1.69. The summed E-state index contributed by atoms with van der Waals surface area (Å²) in [5.74, 6) is 0.872. The summed E-state index contributed by atoms with van der Waals surface area (Å²) in [6, 6.07) is 14.5. The fourth-order valence-corrected chi connectivity index (χ4v) is 2.64. The molecule has 2 rings (SSSR count). The van der Waals surface area contributed by atoms with Gasteiger partial charge in [-0.2, -0.15) is 0 Å². The van der Waals surface area contributed by atoms with Gasteiger partial charge in [0.25, 0.3) is 0 Å². The Balaban J connectivity index is 1.82. The Labute approximate surface area is 122 Å². The summed E-state index contributed by atoms with van der Waals surface area (Å²) in [6.07, 6.45) is 0.172. The topological polar surface area (TPSA) is 40.5 Å². The lowest BCUT2D eigenvalue weighted by Gasteiger charge is -2.10. The highest BCUT2D eigenvalue weighted by atomic mass is 35.5. The molecule has 0 amide bonds. The molecule has 4 heteroatoms.